The van der Waals surface area contributed by atoms with E-state index in [4.69, 9.17) is 56.8 Å². The van der Waals surface area contributed by atoms with Crippen LogP contribution in [0.5, 0.6) is 0 Å². The lowest BCUT2D eigenvalue weighted by molar-refractivity contribution is -0.379. The monoisotopic (exact) mass is 1170 g/mol. The van der Waals surface area contributed by atoms with Crippen LogP contribution in [0.1, 0.15) is 6.92 Å². The Morgan fingerprint density at radius 3 is 0.988 bits per heavy atom. The van der Waals surface area contributed by atoms with Crippen molar-refractivity contribution < 1.29 is 162 Å². The van der Waals surface area contributed by atoms with E-state index in [0.29, 0.717) is 12.6 Å². The lowest BCUT2D eigenvalue weighted by atomic mass is 9.90. The second kappa shape index (κ2) is 29.2. The van der Waals surface area contributed by atoms with Gasteiger partial charge in [0.05, 0.1) is 63.7 Å². The molecule has 0 aliphatic carbocycles. The predicted molar refractivity (Wildman–Crippen MR) is 244 cm³/mol. The number of carbonyl (C=O) groups excluding carboxylic acids is 3. The molecular weight excluding hydrogens is 1100 g/mol. The van der Waals surface area contributed by atoms with Crippen LogP contribution in [0.2, 0.25) is 0 Å². The smallest absolute Gasteiger partial charge is 0.335 e. The number of rotatable bonds is 26. The van der Waals surface area contributed by atoms with E-state index in [1.54, 1.807) is 0 Å². The highest BCUT2D eigenvalue weighted by atomic mass is 16.8. The quantitative estimate of drug-likeness (QED) is 0.0358. The summed E-state index contributed by atoms with van der Waals surface area (Å²) in [5, 5.41) is 170. The second-order valence-corrected chi connectivity index (χ2v) is 19.3. The number of aliphatic hydroxyl groups is 12. The van der Waals surface area contributed by atoms with Gasteiger partial charge in [0.15, 0.2) is 56.1 Å². The molecule has 36 nitrogen and oxygen atoms in total. The first-order valence-electron chi connectivity index (χ1n) is 24.9. The Hall–Kier alpha value is -3.66. The van der Waals surface area contributed by atoms with Gasteiger partial charge in [-0.2, -0.15) is 0 Å². The molecule has 0 aromatic carbocycles. The van der Waals surface area contributed by atoms with Gasteiger partial charge in [0, 0.05) is 13.0 Å². The molecule has 12 unspecified atom stereocenters. The molecule has 6 aliphatic rings. The van der Waals surface area contributed by atoms with Gasteiger partial charge in [0.2, 0.25) is 0 Å². The summed E-state index contributed by atoms with van der Waals surface area (Å²) in [6, 6.07) is -4.68. The molecule has 0 amide bonds. The molecule has 6 saturated heterocycles. The van der Waals surface area contributed by atoms with Gasteiger partial charge in [-0.15, -0.1) is 0 Å². The zero-order valence-electron chi connectivity index (χ0n) is 42.4. The fourth-order valence-electron chi connectivity index (χ4n) is 10.1. The van der Waals surface area contributed by atoms with Gasteiger partial charge in [-0.1, -0.05) is 6.92 Å². The van der Waals surface area contributed by atoms with Crippen LogP contribution in [0.4, 0.5) is 0 Å². The molecule has 0 aromatic rings. The normalized spacial score (nSPS) is 46.3. The van der Waals surface area contributed by atoms with Crippen LogP contribution < -0.4 is 16.0 Å². The average Bonchev–Trinajstić information content (AvgIpc) is 3.56. The van der Waals surface area contributed by atoms with E-state index < -0.39 is 235 Å². The first-order valence-corrected chi connectivity index (χ1v) is 24.9. The Kier molecular flexibility index (Phi) is 23.9. The molecule has 0 radical (unpaired) electrons. The van der Waals surface area contributed by atoms with Crippen molar-refractivity contribution in [2.24, 2.45) is 5.92 Å². The number of hydrogen-bond acceptors (Lipinski definition) is 33. The highest BCUT2D eigenvalue weighted by Gasteiger charge is 2.59. The van der Waals surface area contributed by atoms with E-state index in [0.717, 1.165) is 0 Å². The van der Waals surface area contributed by atoms with Crippen LogP contribution in [-0.4, -0.2) is 338 Å². The number of carbonyl (C=O) groups is 6. The highest BCUT2D eigenvalue weighted by molar-refractivity contribution is 5.74. The van der Waals surface area contributed by atoms with Crippen molar-refractivity contribution in [3.8, 4) is 0 Å². The maximum absolute atomic E-state index is 12.8. The van der Waals surface area contributed by atoms with Crippen molar-refractivity contribution in [3.05, 3.63) is 0 Å². The van der Waals surface area contributed by atoms with Crippen LogP contribution in [0.15, 0.2) is 0 Å². The molecule has 0 spiro atoms. The van der Waals surface area contributed by atoms with Gasteiger partial charge in [-0.05, 0) is 0 Å². The minimum absolute atomic E-state index is 0.280. The van der Waals surface area contributed by atoms with E-state index in [1.807, 2.05) is 0 Å². The number of methoxy groups -OCH3 is 1. The molecule has 458 valence electrons. The summed E-state index contributed by atoms with van der Waals surface area (Å²) in [5.74, 6) is -6.50. The van der Waals surface area contributed by atoms with Crippen molar-refractivity contribution >= 4 is 36.8 Å². The molecule has 0 aromatic heterocycles. The van der Waals surface area contributed by atoms with E-state index in [9.17, 15) is 105 Å². The summed E-state index contributed by atoms with van der Waals surface area (Å²) in [5.41, 5.74) is 0. The molecule has 0 bridgehead atoms. The Balaban J connectivity index is 1.17. The zero-order valence-corrected chi connectivity index (χ0v) is 42.4. The molecule has 80 heavy (non-hydrogen) atoms. The van der Waals surface area contributed by atoms with Crippen molar-refractivity contribution in [1.82, 2.24) is 16.0 Å². The fraction of sp³-hybridized carbons (Fsp3) is 0.864. The molecule has 6 rings (SSSR count). The number of nitrogens with one attached hydrogen (secondary N) is 3. The lowest BCUT2D eigenvalue weighted by Crippen LogP contribution is -2.70. The number of carboxylic acid groups (broad SMARTS) is 3. The minimum atomic E-state index is -2.40. The molecule has 36 heteroatoms. The van der Waals surface area contributed by atoms with Crippen molar-refractivity contribution in [2.75, 3.05) is 46.6 Å². The van der Waals surface area contributed by atoms with Gasteiger partial charge >= 0.3 is 17.9 Å². The van der Waals surface area contributed by atoms with Crippen molar-refractivity contribution in [2.45, 2.75) is 185 Å². The Morgan fingerprint density at radius 1 is 0.400 bits per heavy atom. The van der Waals surface area contributed by atoms with Crippen LogP contribution in [0, 0.1) is 5.92 Å². The van der Waals surface area contributed by atoms with Crippen molar-refractivity contribution in [3.63, 3.8) is 0 Å². The van der Waals surface area contributed by atoms with Gasteiger partial charge in [-0.3, -0.25) is 0 Å². The van der Waals surface area contributed by atoms with Gasteiger partial charge in [0.1, 0.15) is 117 Å². The van der Waals surface area contributed by atoms with Crippen LogP contribution in [0.3, 0.4) is 0 Å². The SMILES string of the molecule is CO[C@H]1OC(CO)[C@@H](O[C@@H]2OC(C(=O)O)[C@@H](O[C@H]3OC(CO)[C@@H](O[C@@H]4OC(C(=O)O)[C@@H](O[C@H]5OC(CO)[C@@H](O[C@@H]6OC(C(=O)O)[C@@H](C)[C@H](O)C6O)[C@H](O)C5NCC=O)[C@H](O)C4O)[C@H](O)C3NCC=O)[C@H](O)C2O)[C@H](O)C1NCC=O. The molecule has 6 heterocycles. The van der Waals surface area contributed by atoms with E-state index in [-0.39, 0.29) is 12.8 Å². The number of aliphatic hydroxyl groups excluding tert-OH is 12. The third kappa shape index (κ3) is 14.1. The molecule has 6 aliphatic heterocycles. The Labute approximate surface area is 451 Å². The molecule has 0 saturated carbocycles. The maximum atomic E-state index is 12.8. The van der Waals surface area contributed by atoms with E-state index in [2.05, 4.69) is 16.0 Å². The highest BCUT2D eigenvalue weighted by Crippen LogP contribution is 2.37. The topological polar surface area (TPSA) is 553 Å². The van der Waals surface area contributed by atoms with Crippen LogP contribution in [0.25, 0.3) is 0 Å². The summed E-state index contributed by atoms with van der Waals surface area (Å²) in [6.45, 7) is -3.31. The summed E-state index contributed by atoms with van der Waals surface area (Å²) in [4.78, 5) is 71.6. The Bertz CT molecular complexity index is 2040. The molecule has 6 fully saturated rings. The van der Waals surface area contributed by atoms with Crippen LogP contribution >= 0.6 is 0 Å². The lowest BCUT2D eigenvalue weighted by Gasteiger charge is -2.50. The average molecular weight is 1170 g/mol. The predicted octanol–water partition coefficient (Wildman–Crippen LogP) is -12.5. The summed E-state index contributed by atoms with van der Waals surface area (Å²) in [6.07, 6.45) is -50.8. The molecule has 30 atom stereocenters. The minimum Gasteiger partial charge on any atom is -0.479 e. The summed E-state index contributed by atoms with van der Waals surface area (Å²) < 4.78 is 67.6. The maximum Gasteiger partial charge on any atom is 0.335 e. The zero-order chi connectivity index (χ0) is 59.0. The first kappa shape index (κ1) is 65.5. The third-order valence-electron chi connectivity index (χ3n) is 14.3. The second-order valence-electron chi connectivity index (χ2n) is 19.3. The number of aliphatic carboxylic acids is 3. The van der Waals surface area contributed by atoms with Crippen LogP contribution in [-0.2, 0) is 85.6 Å². The van der Waals surface area contributed by atoms with E-state index in [1.165, 1.54) is 14.0 Å². The number of aldehydes is 3. The van der Waals surface area contributed by atoms with E-state index >= 15 is 0 Å². The summed E-state index contributed by atoms with van der Waals surface area (Å²) in [7, 11) is 1.19. The standard InChI is InChI=1S/C44H69N3O33/c1-12-19(54)25(60)42(73-28(12)36(63)64)74-30-14(10-52)71-40(17(21(30)56)46-4-7-49)77-33-24(59)27(62)44(80-35(33)38(67)68)76-31-15(11-53)72-41(18(22(31)57)47-5-8-50)78-32-23(58)26(61)43(79-34(32)37(65)66)75-29-13(9-51)70-39(69-2)16(20(29)55)45-3-6-48/h6-8,12-35,39-47,51-62H,3-5,9-11H2,1-2H3,(H,63,64)(H,65,66)(H,67,68)/t12-,13?,14?,15?,16?,17?,18?,19-,20+,21+,22+,23+,24+,25?,26?,27?,28?,29+,30+,31+,32-,33-,34?,35?,39-,40+,41+,42-,43+,44+/m0/s1. The summed E-state index contributed by atoms with van der Waals surface area (Å²) >= 11 is 0. The number of ether oxygens (including phenoxy) is 12. The number of hydrogen-bond donors (Lipinski definition) is 18. The number of carboxylic acids is 3. The third-order valence-corrected chi connectivity index (χ3v) is 14.3. The largest absolute Gasteiger partial charge is 0.479 e. The Morgan fingerprint density at radius 2 is 0.688 bits per heavy atom. The van der Waals surface area contributed by atoms with Gasteiger partial charge in [-0.25, -0.2) is 14.4 Å². The van der Waals surface area contributed by atoms with Gasteiger partial charge in [0.25, 0.3) is 0 Å². The first-order chi connectivity index (χ1) is 38.0. The molecule has 18 N–H and O–H groups in total. The van der Waals surface area contributed by atoms with Crippen molar-refractivity contribution in [1.29, 1.82) is 0 Å². The van der Waals surface area contributed by atoms with Gasteiger partial charge < -0.3 is 164 Å². The molecular formula is C44H69N3O33. The fourth-order valence-corrected chi connectivity index (χ4v) is 10.1.